The monoisotopic (exact) mass is 396 g/mol. The minimum atomic E-state index is -3.60. The SMILES string of the molecule is O=C(Cc1ccc(F)cc1)N1CCN(S(=O)(=O)c2ccc(Cl)cc2)CC1. The van der Waals surface area contributed by atoms with E-state index < -0.39 is 10.0 Å². The van der Waals surface area contributed by atoms with E-state index in [4.69, 9.17) is 11.6 Å². The van der Waals surface area contributed by atoms with Gasteiger partial charge in [0.05, 0.1) is 11.3 Å². The number of halogens is 2. The molecular formula is C18H18ClFN2O3S. The van der Waals surface area contributed by atoms with Crippen LogP contribution in [-0.4, -0.2) is 49.7 Å². The van der Waals surface area contributed by atoms with E-state index in [0.717, 1.165) is 5.56 Å². The Morgan fingerprint density at radius 3 is 2.12 bits per heavy atom. The summed E-state index contributed by atoms with van der Waals surface area (Å²) >= 11 is 5.80. The molecule has 0 aliphatic carbocycles. The second-order valence-corrected chi connectivity index (χ2v) is 8.42. The Bertz CT molecular complexity index is 878. The van der Waals surface area contributed by atoms with Crippen molar-refractivity contribution in [3.8, 4) is 0 Å². The van der Waals surface area contributed by atoms with E-state index in [9.17, 15) is 17.6 Å². The summed E-state index contributed by atoms with van der Waals surface area (Å²) in [4.78, 5) is 14.2. The van der Waals surface area contributed by atoms with Crippen molar-refractivity contribution < 1.29 is 17.6 Å². The summed E-state index contributed by atoms with van der Waals surface area (Å²) < 4.78 is 39.6. The first kappa shape index (κ1) is 18.8. The van der Waals surface area contributed by atoms with Crippen molar-refractivity contribution in [1.29, 1.82) is 0 Å². The van der Waals surface area contributed by atoms with Crippen LogP contribution in [0.15, 0.2) is 53.4 Å². The number of hydrogen-bond acceptors (Lipinski definition) is 3. The van der Waals surface area contributed by atoms with Gasteiger partial charge < -0.3 is 4.90 Å². The van der Waals surface area contributed by atoms with E-state index in [1.54, 1.807) is 17.0 Å². The first-order valence-corrected chi connectivity index (χ1v) is 9.96. The van der Waals surface area contributed by atoms with Crippen molar-refractivity contribution >= 4 is 27.5 Å². The Morgan fingerprint density at radius 1 is 0.962 bits per heavy atom. The minimum absolute atomic E-state index is 0.0971. The molecule has 5 nitrogen and oxygen atoms in total. The number of piperazine rings is 1. The second-order valence-electron chi connectivity index (χ2n) is 6.04. The molecule has 26 heavy (non-hydrogen) atoms. The average molecular weight is 397 g/mol. The van der Waals surface area contributed by atoms with Crippen LogP contribution in [0.5, 0.6) is 0 Å². The molecular weight excluding hydrogens is 379 g/mol. The lowest BCUT2D eigenvalue weighted by Crippen LogP contribution is -2.50. The van der Waals surface area contributed by atoms with Gasteiger partial charge >= 0.3 is 0 Å². The fraction of sp³-hybridized carbons (Fsp3) is 0.278. The summed E-state index contributed by atoms with van der Waals surface area (Å²) in [6.07, 6.45) is 0.171. The Morgan fingerprint density at radius 2 is 1.54 bits per heavy atom. The van der Waals surface area contributed by atoms with Gasteiger partial charge in [0, 0.05) is 31.2 Å². The molecule has 0 atom stereocenters. The highest BCUT2D eigenvalue weighted by atomic mass is 35.5. The molecule has 0 bridgehead atoms. The maximum absolute atomic E-state index is 12.9. The van der Waals surface area contributed by atoms with E-state index in [0.29, 0.717) is 18.1 Å². The molecule has 1 fully saturated rings. The molecule has 2 aromatic carbocycles. The van der Waals surface area contributed by atoms with Crippen LogP contribution < -0.4 is 0 Å². The van der Waals surface area contributed by atoms with E-state index in [2.05, 4.69) is 0 Å². The van der Waals surface area contributed by atoms with Crippen LogP contribution in [0.1, 0.15) is 5.56 Å². The predicted molar refractivity (Wildman–Crippen MR) is 96.9 cm³/mol. The summed E-state index contributed by atoms with van der Waals surface area (Å²) in [6.45, 7) is 1.12. The zero-order valence-electron chi connectivity index (χ0n) is 13.9. The number of carbonyl (C=O) groups is 1. The van der Waals surface area contributed by atoms with Crippen molar-refractivity contribution in [2.75, 3.05) is 26.2 Å². The van der Waals surface area contributed by atoms with Gasteiger partial charge in [-0.3, -0.25) is 4.79 Å². The van der Waals surface area contributed by atoms with Gasteiger partial charge in [0.2, 0.25) is 15.9 Å². The Kier molecular flexibility index (Phi) is 5.60. The van der Waals surface area contributed by atoms with Crippen LogP contribution in [0.2, 0.25) is 5.02 Å². The van der Waals surface area contributed by atoms with Crippen LogP contribution in [0.25, 0.3) is 0 Å². The third-order valence-electron chi connectivity index (χ3n) is 4.31. The third-order valence-corrected chi connectivity index (χ3v) is 6.48. The van der Waals surface area contributed by atoms with E-state index in [1.807, 2.05) is 0 Å². The van der Waals surface area contributed by atoms with E-state index >= 15 is 0 Å². The first-order chi connectivity index (χ1) is 12.4. The molecule has 1 heterocycles. The second kappa shape index (κ2) is 7.73. The summed E-state index contributed by atoms with van der Waals surface area (Å²) in [7, 11) is -3.60. The zero-order chi connectivity index (χ0) is 18.7. The van der Waals surface area contributed by atoms with Crippen LogP contribution in [0.3, 0.4) is 0 Å². The van der Waals surface area contributed by atoms with Crippen LogP contribution in [-0.2, 0) is 21.2 Å². The lowest BCUT2D eigenvalue weighted by Gasteiger charge is -2.34. The predicted octanol–water partition coefficient (Wildman–Crippen LogP) is 2.55. The van der Waals surface area contributed by atoms with Crippen molar-refractivity contribution in [3.05, 3.63) is 64.9 Å². The van der Waals surface area contributed by atoms with Crippen LogP contribution >= 0.6 is 11.6 Å². The highest BCUT2D eigenvalue weighted by Crippen LogP contribution is 2.20. The van der Waals surface area contributed by atoms with Crippen molar-refractivity contribution in [1.82, 2.24) is 9.21 Å². The van der Waals surface area contributed by atoms with Gasteiger partial charge in [-0.1, -0.05) is 23.7 Å². The smallest absolute Gasteiger partial charge is 0.243 e. The molecule has 0 N–H and O–H groups in total. The van der Waals surface area contributed by atoms with E-state index in [1.165, 1.54) is 40.7 Å². The lowest BCUT2D eigenvalue weighted by atomic mass is 10.1. The van der Waals surface area contributed by atoms with Crippen LogP contribution in [0, 0.1) is 5.82 Å². The Labute approximate surface area is 157 Å². The Hall–Kier alpha value is -1.96. The number of nitrogens with zero attached hydrogens (tertiary/aromatic N) is 2. The maximum Gasteiger partial charge on any atom is 0.243 e. The van der Waals surface area contributed by atoms with Gasteiger partial charge in [-0.05, 0) is 42.0 Å². The minimum Gasteiger partial charge on any atom is -0.340 e. The zero-order valence-corrected chi connectivity index (χ0v) is 15.5. The van der Waals surface area contributed by atoms with Crippen molar-refractivity contribution in [2.24, 2.45) is 0 Å². The summed E-state index contributed by atoms with van der Waals surface area (Å²) in [5.41, 5.74) is 0.729. The molecule has 3 rings (SSSR count). The van der Waals surface area contributed by atoms with Crippen LogP contribution in [0.4, 0.5) is 4.39 Å². The molecule has 2 aromatic rings. The molecule has 8 heteroatoms. The molecule has 1 aliphatic heterocycles. The highest BCUT2D eigenvalue weighted by Gasteiger charge is 2.30. The van der Waals surface area contributed by atoms with Crippen molar-refractivity contribution in [3.63, 3.8) is 0 Å². The van der Waals surface area contributed by atoms with Gasteiger partial charge in [-0.2, -0.15) is 4.31 Å². The molecule has 0 spiro atoms. The lowest BCUT2D eigenvalue weighted by molar-refractivity contribution is -0.131. The van der Waals surface area contributed by atoms with Gasteiger partial charge in [0.15, 0.2) is 0 Å². The maximum atomic E-state index is 12.9. The molecule has 0 unspecified atom stereocenters. The topological polar surface area (TPSA) is 57.7 Å². The molecule has 138 valence electrons. The Balaban J connectivity index is 1.60. The van der Waals surface area contributed by atoms with Crippen molar-refractivity contribution in [2.45, 2.75) is 11.3 Å². The number of carbonyl (C=O) groups excluding carboxylic acids is 1. The van der Waals surface area contributed by atoms with Gasteiger partial charge in [0.25, 0.3) is 0 Å². The molecule has 1 aliphatic rings. The normalized spacial score (nSPS) is 15.8. The third kappa shape index (κ3) is 4.23. The number of rotatable bonds is 4. The summed E-state index contributed by atoms with van der Waals surface area (Å²) in [5.74, 6) is -0.442. The number of benzene rings is 2. The largest absolute Gasteiger partial charge is 0.340 e. The van der Waals surface area contributed by atoms with Gasteiger partial charge in [0.1, 0.15) is 5.82 Å². The molecule has 0 aromatic heterocycles. The molecule has 1 saturated heterocycles. The fourth-order valence-electron chi connectivity index (χ4n) is 2.82. The summed E-state index contributed by atoms with van der Waals surface area (Å²) in [6, 6.07) is 11.8. The number of amides is 1. The number of hydrogen-bond donors (Lipinski definition) is 0. The quantitative estimate of drug-likeness (QED) is 0.798. The van der Waals surface area contributed by atoms with E-state index in [-0.39, 0.29) is 36.1 Å². The number of sulfonamides is 1. The first-order valence-electron chi connectivity index (χ1n) is 8.14. The standard InChI is InChI=1S/C18H18ClFN2O3S/c19-15-3-7-17(8-4-15)26(24,25)22-11-9-21(10-12-22)18(23)13-14-1-5-16(20)6-2-14/h1-8H,9-13H2. The average Bonchev–Trinajstić information content (AvgIpc) is 2.64. The highest BCUT2D eigenvalue weighted by molar-refractivity contribution is 7.89. The van der Waals surface area contributed by atoms with Gasteiger partial charge in [-0.25, -0.2) is 12.8 Å². The summed E-state index contributed by atoms with van der Waals surface area (Å²) in [5, 5.41) is 0.472. The molecule has 0 radical (unpaired) electrons. The fourth-order valence-corrected chi connectivity index (χ4v) is 4.37. The molecule has 1 amide bonds. The molecule has 0 saturated carbocycles. The van der Waals surface area contributed by atoms with Gasteiger partial charge in [-0.15, -0.1) is 0 Å².